The Balaban J connectivity index is 1.77. The van der Waals surface area contributed by atoms with Gasteiger partial charge in [0.15, 0.2) is 9.84 Å². The minimum atomic E-state index is -3.06. The van der Waals surface area contributed by atoms with Crippen LogP contribution in [0.3, 0.4) is 0 Å². The highest BCUT2D eigenvalue weighted by Gasteiger charge is 2.50. The first-order valence-electron chi connectivity index (χ1n) is 6.83. The van der Waals surface area contributed by atoms with Crippen LogP contribution < -0.4 is 5.32 Å². The average Bonchev–Trinajstić information content (AvgIpc) is 2.96. The number of hydrogen-bond acceptors (Lipinski definition) is 5. The number of nitro benzene ring substituents is 1. The number of anilines is 1. The van der Waals surface area contributed by atoms with Gasteiger partial charge in [-0.3, -0.25) is 10.1 Å². The molecule has 0 aliphatic carbocycles. The Kier molecular flexibility index (Phi) is 3.32. The van der Waals surface area contributed by atoms with Crippen LogP contribution in [-0.4, -0.2) is 47.9 Å². The number of rotatable bonds is 2. The van der Waals surface area contributed by atoms with Crippen molar-refractivity contribution in [3.8, 4) is 0 Å². The Bertz CT molecular complexity index is 761. The summed E-state index contributed by atoms with van der Waals surface area (Å²) in [5, 5.41) is 13.1. The molecule has 2 atom stereocenters. The van der Waals surface area contributed by atoms with Gasteiger partial charge in [0.05, 0.1) is 27.2 Å². The van der Waals surface area contributed by atoms with E-state index in [0.29, 0.717) is 17.7 Å². The summed E-state index contributed by atoms with van der Waals surface area (Å²) in [6.07, 6.45) is 0.476. The zero-order chi connectivity index (χ0) is 16.1. The maximum absolute atomic E-state index is 12.3. The molecule has 2 aliphatic heterocycles. The van der Waals surface area contributed by atoms with Gasteiger partial charge in [-0.1, -0.05) is 6.07 Å². The molecule has 0 spiro atoms. The Labute approximate surface area is 127 Å². The number of fused-ring (bicyclic) bond motifs is 2. The Morgan fingerprint density at radius 1 is 1.45 bits per heavy atom. The van der Waals surface area contributed by atoms with Crippen LogP contribution in [0.25, 0.3) is 0 Å². The van der Waals surface area contributed by atoms with E-state index in [-0.39, 0.29) is 24.0 Å². The summed E-state index contributed by atoms with van der Waals surface area (Å²) < 4.78 is 23.4. The second-order valence-corrected chi connectivity index (χ2v) is 7.96. The smallest absolute Gasteiger partial charge is 0.319 e. The normalized spacial score (nSPS) is 25.2. The van der Waals surface area contributed by atoms with E-state index in [0.717, 1.165) is 0 Å². The lowest BCUT2D eigenvalue weighted by Gasteiger charge is -2.27. The Morgan fingerprint density at radius 2 is 2.18 bits per heavy atom. The van der Waals surface area contributed by atoms with Gasteiger partial charge in [0.1, 0.15) is 0 Å². The van der Waals surface area contributed by atoms with Crippen molar-refractivity contribution in [3.63, 3.8) is 0 Å². The molecular formula is C13H15N3O5S. The van der Waals surface area contributed by atoms with E-state index in [1.807, 2.05) is 0 Å². The highest BCUT2D eigenvalue weighted by atomic mass is 32.2. The topological polar surface area (TPSA) is 110 Å². The first-order valence-corrected chi connectivity index (χ1v) is 8.54. The van der Waals surface area contributed by atoms with E-state index >= 15 is 0 Å². The number of benzene rings is 1. The van der Waals surface area contributed by atoms with Crippen molar-refractivity contribution in [2.75, 3.05) is 17.6 Å². The predicted octanol–water partition coefficient (Wildman–Crippen LogP) is 1.31. The zero-order valence-corrected chi connectivity index (χ0v) is 12.7. The number of hydrogen-bond donors (Lipinski definition) is 1. The molecule has 2 bridgehead atoms. The summed E-state index contributed by atoms with van der Waals surface area (Å²) in [6.45, 7) is 1.75. The van der Waals surface area contributed by atoms with Crippen LogP contribution in [0.2, 0.25) is 0 Å². The molecule has 3 rings (SSSR count). The van der Waals surface area contributed by atoms with Crippen molar-refractivity contribution in [1.82, 2.24) is 4.90 Å². The number of carbonyl (C=O) groups excluding carboxylic acids is 1. The van der Waals surface area contributed by atoms with Crippen LogP contribution in [0.15, 0.2) is 18.2 Å². The highest BCUT2D eigenvalue weighted by molar-refractivity contribution is 7.92. The van der Waals surface area contributed by atoms with Crippen molar-refractivity contribution in [2.45, 2.75) is 24.6 Å². The molecule has 22 heavy (non-hydrogen) atoms. The van der Waals surface area contributed by atoms with Gasteiger partial charge in [-0.2, -0.15) is 0 Å². The molecule has 0 aromatic heterocycles. The van der Waals surface area contributed by atoms with Crippen molar-refractivity contribution >= 4 is 27.2 Å². The molecule has 2 amide bonds. The highest BCUT2D eigenvalue weighted by Crippen LogP contribution is 2.33. The van der Waals surface area contributed by atoms with Gasteiger partial charge in [-0.05, 0) is 19.4 Å². The van der Waals surface area contributed by atoms with E-state index in [2.05, 4.69) is 5.32 Å². The molecule has 1 aromatic carbocycles. The van der Waals surface area contributed by atoms with Gasteiger partial charge >= 0.3 is 6.03 Å². The number of nitro groups is 1. The molecule has 8 nitrogen and oxygen atoms in total. The third-order valence-electron chi connectivity index (χ3n) is 4.31. The summed E-state index contributed by atoms with van der Waals surface area (Å²) in [6, 6.07) is 3.75. The Morgan fingerprint density at radius 3 is 2.73 bits per heavy atom. The van der Waals surface area contributed by atoms with E-state index in [4.69, 9.17) is 0 Å². The lowest BCUT2D eigenvalue weighted by molar-refractivity contribution is -0.385. The summed E-state index contributed by atoms with van der Waals surface area (Å²) >= 11 is 0. The fourth-order valence-electron chi connectivity index (χ4n) is 3.09. The Hall–Kier alpha value is -2.16. The third kappa shape index (κ3) is 2.31. The van der Waals surface area contributed by atoms with Crippen molar-refractivity contribution in [2.24, 2.45) is 0 Å². The average molecular weight is 325 g/mol. The van der Waals surface area contributed by atoms with E-state index in [1.165, 1.54) is 17.0 Å². The number of amides is 2. The number of urea groups is 1. The molecular weight excluding hydrogens is 310 g/mol. The second-order valence-electron chi connectivity index (χ2n) is 5.63. The quantitative estimate of drug-likeness (QED) is 0.651. The monoisotopic (exact) mass is 325 g/mol. The molecule has 0 radical (unpaired) electrons. The van der Waals surface area contributed by atoms with E-state index < -0.39 is 26.0 Å². The first-order chi connectivity index (χ1) is 10.3. The number of likely N-dealkylation sites (tertiary alicyclic amines) is 1. The van der Waals surface area contributed by atoms with Gasteiger partial charge in [0.25, 0.3) is 5.69 Å². The minimum absolute atomic E-state index is 0.000986. The minimum Gasteiger partial charge on any atom is -0.319 e. The lowest BCUT2D eigenvalue weighted by Crippen LogP contribution is -2.46. The summed E-state index contributed by atoms with van der Waals surface area (Å²) in [4.78, 5) is 24.2. The second kappa shape index (κ2) is 4.94. The SMILES string of the molecule is Cc1c(NC(=O)N2CC3CC2CS3(=O)=O)cccc1[N+](=O)[O-]. The van der Waals surface area contributed by atoms with Gasteiger partial charge in [-0.15, -0.1) is 0 Å². The van der Waals surface area contributed by atoms with Crippen LogP contribution in [0.1, 0.15) is 12.0 Å². The number of sulfone groups is 1. The van der Waals surface area contributed by atoms with E-state index in [1.54, 1.807) is 13.0 Å². The zero-order valence-electron chi connectivity index (χ0n) is 11.9. The largest absolute Gasteiger partial charge is 0.322 e. The first kappa shape index (κ1) is 14.8. The van der Waals surface area contributed by atoms with Crippen LogP contribution in [0, 0.1) is 17.0 Å². The van der Waals surface area contributed by atoms with Gasteiger partial charge in [0, 0.05) is 18.7 Å². The van der Waals surface area contributed by atoms with Crippen molar-refractivity contribution in [3.05, 3.63) is 33.9 Å². The van der Waals surface area contributed by atoms with Gasteiger partial charge in [-0.25, -0.2) is 13.2 Å². The molecule has 2 unspecified atom stereocenters. The summed E-state index contributed by atoms with van der Waals surface area (Å²) in [7, 11) is -3.06. The van der Waals surface area contributed by atoms with Gasteiger partial charge < -0.3 is 10.2 Å². The van der Waals surface area contributed by atoms with Crippen LogP contribution in [0.5, 0.6) is 0 Å². The van der Waals surface area contributed by atoms with Gasteiger partial charge in [0.2, 0.25) is 0 Å². The summed E-state index contributed by atoms with van der Waals surface area (Å²) in [5.74, 6) is -0.000986. The molecule has 2 fully saturated rings. The molecule has 2 aliphatic rings. The third-order valence-corrected chi connectivity index (χ3v) is 6.52. The molecule has 9 heteroatoms. The number of nitrogens with zero attached hydrogens (tertiary/aromatic N) is 2. The van der Waals surface area contributed by atoms with Crippen LogP contribution >= 0.6 is 0 Å². The molecule has 2 saturated heterocycles. The van der Waals surface area contributed by atoms with Crippen molar-refractivity contribution in [1.29, 1.82) is 0 Å². The van der Waals surface area contributed by atoms with Crippen LogP contribution in [0.4, 0.5) is 16.2 Å². The molecule has 1 N–H and O–H groups in total. The molecule has 118 valence electrons. The lowest BCUT2D eigenvalue weighted by atomic mass is 10.1. The molecule has 2 heterocycles. The molecule has 0 saturated carbocycles. The van der Waals surface area contributed by atoms with Crippen LogP contribution in [-0.2, 0) is 9.84 Å². The van der Waals surface area contributed by atoms with Crippen molar-refractivity contribution < 1.29 is 18.1 Å². The maximum atomic E-state index is 12.3. The molecule has 1 aromatic rings. The number of nitrogens with one attached hydrogen (secondary N) is 1. The fourth-order valence-corrected chi connectivity index (χ4v) is 5.12. The fraction of sp³-hybridized carbons (Fsp3) is 0.462. The number of carbonyl (C=O) groups is 1. The summed E-state index contributed by atoms with van der Waals surface area (Å²) in [5.41, 5.74) is 0.672. The maximum Gasteiger partial charge on any atom is 0.322 e. The standard InChI is InChI=1S/C13H15N3O5S/c1-8-11(3-2-4-12(8)16(18)19)14-13(17)15-6-10-5-9(15)7-22(10,20)21/h2-4,9-10H,5-7H2,1H3,(H,14,17). The predicted molar refractivity (Wildman–Crippen MR) is 79.5 cm³/mol. The van der Waals surface area contributed by atoms with E-state index in [9.17, 15) is 23.3 Å².